The monoisotopic (exact) mass is 394 g/mol. The second-order valence-corrected chi connectivity index (χ2v) is 7.32. The van der Waals surface area contributed by atoms with E-state index in [1.165, 1.54) is 0 Å². The van der Waals surface area contributed by atoms with E-state index in [4.69, 9.17) is 13.9 Å². The third kappa shape index (κ3) is 4.27. The molecule has 1 aliphatic heterocycles. The van der Waals surface area contributed by atoms with Crippen LogP contribution in [0.25, 0.3) is 22.6 Å². The highest BCUT2D eigenvalue weighted by Gasteiger charge is 2.25. The molecule has 0 N–H and O–H groups in total. The molecule has 6 heteroatoms. The summed E-state index contributed by atoms with van der Waals surface area (Å²) in [4.78, 5) is 19.4. The van der Waals surface area contributed by atoms with Crippen LogP contribution in [-0.4, -0.2) is 48.7 Å². The van der Waals surface area contributed by atoms with Gasteiger partial charge in [-0.2, -0.15) is 0 Å². The summed E-state index contributed by atoms with van der Waals surface area (Å²) in [7, 11) is 1.63. The predicted molar refractivity (Wildman–Crippen MR) is 111 cm³/mol. The molecular formula is C23H26N2O4. The molecule has 0 bridgehead atoms. The standard InChI is InChI=1S/C23H26N2O4/c1-3-12-28-19-8-5-11-25(15-19)23(26)17-9-10-20-21(14-17)29-22(24-20)16-6-4-7-18(13-16)27-2/h4,6-7,9-10,13-14,19H,3,5,8,11-12,15H2,1-2H3/t19-/m1/s1. The van der Waals surface area contributed by atoms with Gasteiger partial charge in [0.2, 0.25) is 5.89 Å². The van der Waals surface area contributed by atoms with Crippen LogP contribution in [0.15, 0.2) is 46.9 Å². The molecule has 0 saturated carbocycles. The van der Waals surface area contributed by atoms with Crippen molar-refractivity contribution in [2.24, 2.45) is 0 Å². The van der Waals surface area contributed by atoms with E-state index >= 15 is 0 Å². The Labute approximate surface area is 170 Å². The van der Waals surface area contributed by atoms with E-state index in [0.29, 0.717) is 23.6 Å². The van der Waals surface area contributed by atoms with Crippen molar-refractivity contribution in [2.75, 3.05) is 26.8 Å². The van der Waals surface area contributed by atoms with Gasteiger partial charge in [-0.15, -0.1) is 0 Å². The number of piperidine rings is 1. The summed E-state index contributed by atoms with van der Waals surface area (Å²) >= 11 is 0. The Kier molecular flexibility index (Phi) is 5.81. The van der Waals surface area contributed by atoms with Crippen LogP contribution in [0.5, 0.6) is 5.75 Å². The molecule has 1 atom stereocenters. The number of rotatable bonds is 6. The third-order valence-electron chi connectivity index (χ3n) is 5.18. The lowest BCUT2D eigenvalue weighted by molar-refractivity contribution is 0.00211. The number of likely N-dealkylation sites (tertiary alicyclic amines) is 1. The highest BCUT2D eigenvalue weighted by molar-refractivity contribution is 5.97. The van der Waals surface area contributed by atoms with Gasteiger partial charge < -0.3 is 18.8 Å². The van der Waals surface area contributed by atoms with Gasteiger partial charge in [-0.05, 0) is 55.7 Å². The van der Waals surface area contributed by atoms with Crippen molar-refractivity contribution < 1.29 is 18.7 Å². The summed E-state index contributed by atoms with van der Waals surface area (Å²) in [6.07, 6.45) is 3.09. The first kappa shape index (κ1) is 19.5. The molecule has 1 amide bonds. The van der Waals surface area contributed by atoms with Crippen molar-refractivity contribution in [1.29, 1.82) is 0 Å². The van der Waals surface area contributed by atoms with E-state index in [9.17, 15) is 4.79 Å². The number of hydrogen-bond donors (Lipinski definition) is 0. The number of amides is 1. The molecule has 0 spiro atoms. The minimum Gasteiger partial charge on any atom is -0.497 e. The topological polar surface area (TPSA) is 64.8 Å². The zero-order valence-corrected chi connectivity index (χ0v) is 16.9. The van der Waals surface area contributed by atoms with E-state index in [2.05, 4.69) is 11.9 Å². The molecule has 0 radical (unpaired) electrons. The van der Waals surface area contributed by atoms with E-state index in [1.54, 1.807) is 13.2 Å². The molecule has 3 aromatic rings. The van der Waals surface area contributed by atoms with Crippen LogP contribution in [0.4, 0.5) is 0 Å². The summed E-state index contributed by atoms with van der Waals surface area (Å²) in [5.41, 5.74) is 2.77. The molecule has 4 rings (SSSR count). The molecule has 2 aromatic carbocycles. The number of carbonyl (C=O) groups excluding carboxylic acids is 1. The number of ether oxygens (including phenoxy) is 2. The summed E-state index contributed by atoms with van der Waals surface area (Å²) in [6.45, 7) is 4.23. The van der Waals surface area contributed by atoms with Gasteiger partial charge in [-0.3, -0.25) is 4.79 Å². The van der Waals surface area contributed by atoms with Gasteiger partial charge in [0.15, 0.2) is 5.58 Å². The van der Waals surface area contributed by atoms with Crippen molar-refractivity contribution in [3.05, 3.63) is 48.0 Å². The zero-order valence-electron chi connectivity index (χ0n) is 16.9. The van der Waals surface area contributed by atoms with E-state index in [-0.39, 0.29) is 12.0 Å². The Morgan fingerprint density at radius 1 is 1.28 bits per heavy atom. The maximum absolute atomic E-state index is 13.0. The summed E-state index contributed by atoms with van der Waals surface area (Å²) in [5.74, 6) is 1.26. The van der Waals surface area contributed by atoms with Gasteiger partial charge in [0.25, 0.3) is 5.91 Å². The lowest BCUT2D eigenvalue weighted by Crippen LogP contribution is -2.43. The average molecular weight is 394 g/mol. The number of benzene rings is 2. The highest BCUT2D eigenvalue weighted by atomic mass is 16.5. The number of carbonyl (C=O) groups is 1. The number of nitrogens with zero attached hydrogens (tertiary/aromatic N) is 2. The molecule has 152 valence electrons. The lowest BCUT2D eigenvalue weighted by atomic mass is 10.1. The lowest BCUT2D eigenvalue weighted by Gasteiger charge is -2.32. The van der Waals surface area contributed by atoms with Crippen molar-refractivity contribution in [2.45, 2.75) is 32.3 Å². The van der Waals surface area contributed by atoms with Gasteiger partial charge in [0.1, 0.15) is 11.3 Å². The zero-order chi connectivity index (χ0) is 20.2. The number of oxazole rings is 1. The predicted octanol–water partition coefficient (Wildman–Crippen LogP) is 4.53. The number of fused-ring (bicyclic) bond motifs is 1. The van der Waals surface area contributed by atoms with Crippen molar-refractivity contribution in [3.8, 4) is 17.2 Å². The summed E-state index contributed by atoms with van der Waals surface area (Å²) in [5, 5.41) is 0. The number of aromatic nitrogens is 1. The molecule has 0 unspecified atom stereocenters. The summed E-state index contributed by atoms with van der Waals surface area (Å²) in [6, 6.07) is 13.0. The Morgan fingerprint density at radius 3 is 3.00 bits per heavy atom. The van der Waals surface area contributed by atoms with Crippen molar-refractivity contribution in [3.63, 3.8) is 0 Å². The second-order valence-electron chi connectivity index (χ2n) is 7.32. The van der Waals surface area contributed by atoms with Crippen LogP contribution in [-0.2, 0) is 4.74 Å². The normalized spacial score (nSPS) is 16.9. The molecule has 0 aliphatic carbocycles. The third-order valence-corrected chi connectivity index (χ3v) is 5.18. The average Bonchev–Trinajstić information content (AvgIpc) is 3.21. The first-order valence-corrected chi connectivity index (χ1v) is 10.1. The molecule has 1 aromatic heterocycles. The molecule has 1 fully saturated rings. The quantitative estimate of drug-likeness (QED) is 0.614. The smallest absolute Gasteiger partial charge is 0.254 e. The van der Waals surface area contributed by atoms with Gasteiger partial charge in [0, 0.05) is 30.8 Å². The van der Waals surface area contributed by atoms with Gasteiger partial charge in [-0.25, -0.2) is 4.98 Å². The van der Waals surface area contributed by atoms with E-state index in [1.807, 2.05) is 41.3 Å². The molecular weight excluding hydrogens is 368 g/mol. The SMILES string of the molecule is CCCO[C@@H]1CCCN(C(=O)c2ccc3nc(-c4cccc(OC)c4)oc3c2)C1. The van der Waals surface area contributed by atoms with Crippen LogP contribution in [0.3, 0.4) is 0 Å². The first-order chi connectivity index (χ1) is 14.2. The molecule has 29 heavy (non-hydrogen) atoms. The maximum Gasteiger partial charge on any atom is 0.254 e. The Balaban J connectivity index is 1.54. The molecule has 2 heterocycles. The van der Waals surface area contributed by atoms with Crippen molar-refractivity contribution in [1.82, 2.24) is 9.88 Å². The van der Waals surface area contributed by atoms with Crippen LogP contribution in [0, 0.1) is 0 Å². The fraction of sp³-hybridized carbons (Fsp3) is 0.391. The number of hydrogen-bond acceptors (Lipinski definition) is 5. The second kappa shape index (κ2) is 8.66. The van der Waals surface area contributed by atoms with Gasteiger partial charge in [0.05, 0.1) is 13.2 Å². The first-order valence-electron chi connectivity index (χ1n) is 10.1. The Hall–Kier alpha value is -2.86. The minimum absolute atomic E-state index is 0.0102. The van der Waals surface area contributed by atoms with Crippen molar-refractivity contribution >= 4 is 17.0 Å². The molecule has 6 nitrogen and oxygen atoms in total. The van der Waals surface area contributed by atoms with Crippen LogP contribution in [0.2, 0.25) is 0 Å². The number of methoxy groups -OCH3 is 1. The van der Waals surface area contributed by atoms with E-state index in [0.717, 1.165) is 49.2 Å². The highest BCUT2D eigenvalue weighted by Crippen LogP contribution is 2.28. The van der Waals surface area contributed by atoms with Crippen LogP contribution in [0.1, 0.15) is 36.5 Å². The maximum atomic E-state index is 13.0. The van der Waals surface area contributed by atoms with Gasteiger partial charge >= 0.3 is 0 Å². The molecule has 1 aliphatic rings. The Bertz CT molecular complexity index is 997. The largest absolute Gasteiger partial charge is 0.497 e. The fourth-order valence-corrected chi connectivity index (χ4v) is 3.66. The van der Waals surface area contributed by atoms with E-state index < -0.39 is 0 Å². The Morgan fingerprint density at radius 2 is 2.17 bits per heavy atom. The minimum atomic E-state index is 0.0102. The van der Waals surface area contributed by atoms with Gasteiger partial charge in [-0.1, -0.05) is 13.0 Å². The molecule has 1 saturated heterocycles. The van der Waals surface area contributed by atoms with Crippen LogP contribution >= 0.6 is 0 Å². The fourth-order valence-electron chi connectivity index (χ4n) is 3.66. The summed E-state index contributed by atoms with van der Waals surface area (Å²) < 4.78 is 17.1. The van der Waals surface area contributed by atoms with Crippen LogP contribution < -0.4 is 4.74 Å².